The molecule has 0 aromatic heterocycles. The van der Waals surface area contributed by atoms with Crippen molar-refractivity contribution in [1.29, 1.82) is 0 Å². The van der Waals surface area contributed by atoms with Crippen LogP contribution < -0.4 is 4.74 Å². The second-order valence-corrected chi connectivity index (χ2v) is 3.96. The van der Waals surface area contributed by atoms with Gasteiger partial charge in [0.15, 0.2) is 0 Å². The van der Waals surface area contributed by atoms with Gasteiger partial charge in [-0.3, -0.25) is 0 Å². The van der Waals surface area contributed by atoms with Crippen LogP contribution in [0.5, 0.6) is 5.75 Å². The Kier molecular flexibility index (Phi) is 4.32. The van der Waals surface area contributed by atoms with E-state index in [1.54, 1.807) is 6.92 Å². The molecular weight excluding hydrogens is 216 g/mol. The number of aliphatic carboxylic acids is 1. The van der Waals surface area contributed by atoms with Gasteiger partial charge in [-0.25, -0.2) is 4.79 Å². The standard InChI is InChI=1S/C14H18O3/c1-5-17-13-7-6-12(10(3)11(13)4)9(2)8-14(15)16/h6-8H,5H2,1-4H3,(H,15,16)/b9-8+. The summed E-state index contributed by atoms with van der Waals surface area (Å²) < 4.78 is 5.50. The molecule has 0 heterocycles. The molecule has 0 bridgehead atoms. The van der Waals surface area contributed by atoms with Gasteiger partial charge in [-0.1, -0.05) is 6.07 Å². The molecule has 17 heavy (non-hydrogen) atoms. The van der Waals surface area contributed by atoms with Crippen molar-refractivity contribution in [3.63, 3.8) is 0 Å². The van der Waals surface area contributed by atoms with E-state index in [-0.39, 0.29) is 0 Å². The molecule has 0 radical (unpaired) electrons. The number of allylic oxidation sites excluding steroid dienone is 1. The lowest BCUT2D eigenvalue weighted by Crippen LogP contribution is -1.99. The first kappa shape index (κ1) is 13.3. The second-order valence-electron chi connectivity index (χ2n) is 3.96. The van der Waals surface area contributed by atoms with E-state index in [1.165, 1.54) is 6.08 Å². The Hall–Kier alpha value is -1.77. The molecule has 0 spiro atoms. The van der Waals surface area contributed by atoms with E-state index in [0.29, 0.717) is 6.61 Å². The van der Waals surface area contributed by atoms with Crippen molar-refractivity contribution < 1.29 is 14.6 Å². The molecule has 0 aliphatic heterocycles. The Morgan fingerprint density at radius 1 is 1.35 bits per heavy atom. The van der Waals surface area contributed by atoms with Gasteiger partial charge in [0.05, 0.1) is 6.61 Å². The molecule has 0 unspecified atom stereocenters. The van der Waals surface area contributed by atoms with Gasteiger partial charge in [0.2, 0.25) is 0 Å². The van der Waals surface area contributed by atoms with Crippen LogP contribution in [-0.2, 0) is 4.79 Å². The molecule has 1 aromatic rings. The summed E-state index contributed by atoms with van der Waals surface area (Å²) in [5, 5.41) is 8.74. The van der Waals surface area contributed by atoms with Gasteiger partial charge < -0.3 is 9.84 Å². The highest BCUT2D eigenvalue weighted by molar-refractivity contribution is 5.90. The molecule has 0 saturated heterocycles. The molecule has 3 heteroatoms. The van der Waals surface area contributed by atoms with Crippen molar-refractivity contribution >= 4 is 11.5 Å². The van der Waals surface area contributed by atoms with Crippen molar-refractivity contribution in [3.05, 3.63) is 34.9 Å². The van der Waals surface area contributed by atoms with Crippen LogP contribution in [0.25, 0.3) is 5.57 Å². The van der Waals surface area contributed by atoms with Crippen LogP contribution in [-0.4, -0.2) is 17.7 Å². The van der Waals surface area contributed by atoms with E-state index >= 15 is 0 Å². The van der Waals surface area contributed by atoms with Gasteiger partial charge in [-0.15, -0.1) is 0 Å². The summed E-state index contributed by atoms with van der Waals surface area (Å²) in [7, 11) is 0. The summed E-state index contributed by atoms with van der Waals surface area (Å²) >= 11 is 0. The Morgan fingerprint density at radius 2 is 2.00 bits per heavy atom. The van der Waals surface area contributed by atoms with E-state index in [0.717, 1.165) is 28.0 Å². The minimum atomic E-state index is -0.923. The molecule has 0 aliphatic rings. The summed E-state index contributed by atoms with van der Waals surface area (Å²) in [6, 6.07) is 3.79. The minimum Gasteiger partial charge on any atom is -0.494 e. The Labute approximate surface area is 102 Å². The zero-order chi connectivity index (χ0) is 13.0. The molecule has 1 N–H and O–H groups in total. The number of rotatable bonds is 4. The molecular formula is C14H18O3. The van der Waals surface area contributed by atoms with Crippen LogP contribution >= 0.6 is 0 Å². The monoisotopic (exact) mass is 234 g/mol. The molecule has 1 aromatic carbocycles. The average Bonchev–Trinajstić information content (AvgIpc) is 2.24. The number of carboxylic acids is 1. The van der Waals surface area contributed by atoms with E-state index in [9.17, 15) is 4.79 Å². The topological polar surface area (TPSA) is 46.5 Å². The Morgan fingerprint density at radius 3 is 2.53 bits per heavy atom. The van der Waals surface area contributed by atoms with Gasteiger partial charge >= 0.3 is 5.97 Å². The maximum atomic E-state index is 10.6. The predicted octanol–water partition coefficient (Wildman–Crippen LogP) is 3.19. The highest BCUT2D eigenvalue weighted by Gasteiger charge is 2.09. The Balaban J connectivity index is 3.21. The maximum Gasteiger partial charge on any atom is 0.328 e. The number of hydrogen-bond acceptors (Lipinski definition) is 2. The third kappa shape index (κ3) is 3.09. The third-order valence-electron chi connectivity index (χ3n) is 2.80. The highest BCUT2D eigenvalue weighted by atomic mass is 16.5. The van der Waals surface area contributed by atoms with Crippen LogP contribution in [0.1, 0.15) is 30.5 Å². The molecule has 92 valence electrons. The largest absolute Gasteiger partial charge is 0.494 e. The van der Waals surface area contributed by atoms with E-state index in [1.807, 2.05) is 32.9 Å². The predicted molar refractivity (Wildman–Crippen MR) is 68.4 cm³/mol. The summed E-state index contributed by atoms with van der Waals surface area (Å²) in [6.07, 6.45) is 1.22. The summed E-state index contributed by atoms with van der Waals surface area (Å²) in [5.41, 5.74) is 3.82. The fourth-order valence-electron chi connectivity index (χ4n) is 1.80. The lowest BCUT2D eigenvalue weighted by molar-refractivity contribution is -0.131. The maximum absolute atomic E-state index is 10.6. The lowest BCUT2D eigenvalue weighted by atomic mass is 9.97. The summed E-state index contributed by atoms with van der Waals surface area (Å²) in [4.78, 5) is 10.6. The normalized spacial score (nSPS) is 11.4. The number of hydrogen-bond donors (Lipinski definition) is 1. The average molecular weight is 234 g/mol. The van der Waals surface area contributed by atoms with Crippen molar-refractivity contribution in [2.75, 3.05) is 6.61 Å². The van der Waals surface area contributed by atoms with E-state index in [4.69, 9.17) is 9.84 Å². The first-order valence-electron chi connectivity index (χ1n) is 5.62. The van der Waals surface area contributed by atoms with E-state index < -0.39 is 5.97 Å². The smallest absolute Gasteiger partial charge is 0.328 e. The SMILES string of the molecule is CCOc1ccc(/C(C)=C/C(=O)O)c(C)c1C. The van der Waals surface area contributed by atoms with Gasteiger partial charge in [0, 0.05) is 6.08 Å². The molecule has 1 rings (SSSR count). The third-order valence-corrected chi connectivity index (χ3v) is 2.80. The molecule has 0 atom stereocenters. The van der Waals surface area contributed by atoms with Crippen molar-refractivity contribution in [2.24, 2.45) is 0 Å². The van der Waals surface area contributed by atoms with Crippen LogP contribution in [0.3, 0.4) is 0 Å². The van der Waals surface area contributed by atoms with Crippen LogP contribution in [0.4, 0.5) is 0 Å². The first-order chi connectivity index (χ1) is 7.97. The fourth-order valence-corrected chi connectivity index (χ4v) is 1.80. The zero-order valence-electron chi connectivity index (χ0n) is 10.7. The van der Waals surface area contributed by atoms with Crippen molar-refractivity contribution in [2.45, 2.75) is 27.7 Å². The Bertz CT molecular complexity index is 459. The lowest BCUT2D eigenvalue weighted by Gasteiger charge is -2.13. The van der Waals surface area contributed by atoms with Crippen LogP contribution in [0.15, 0.2) is 18.2 Å². The van der Waals surface area contributed by atoms with Gasteiger partial charge in [-0.2, -0.15) is 0 Å². The minimum absolute atomic E-state index is 0.629. The quantitative estimate of drug-likeness (QED) is 0.814. The molecule has 0 fully saturated rings. The summed E-state index contributed by atoms with van der Waals surface area (Å²) in [5.74, 6) is -0.0645. The second kappa shape index (κ2) is 5.53. The molecule has 0 aliphatic carbocycles. The molecule has 0 amide bonds. The van der Waals surface area contributed by atoms with Crippen molar-refractivity contribution in [3.8, 4) is 5.75 Å². The van der Waals surface area contributed by atoms with Gasteiger partial charge in [0.1, 0.15) is 5.75 Å². The zero-order valence-corrected chi connectivity index (χ0v) is 10.7. The number of carboxylic acid groups (broad SMARTS) is 1. The van der Waals surface area contributed by atoms with Gasteiger partial charge in [-0.05, 0) is 56.0 Å². The number of benzene rings is 1. The fraction of sp³-hybridized carbons (Fsp3) is 0.357. The molecule has 0 saturated carbocycles. The van der Waals surface area contributed by atoms with Crippen LogP contribution in [0.2, 0.25) is 0 Å². The van der Waals surface area contributed by atoms with E-state index in [2.05, 4.69) is 0 Å². The molecule has 3 nitrogen and oxygen atoms in total. The van der Waals surface area contributed by atoms with Crippen LogP contribution in [0, 0.1) is 13.8 Å². The summed E-state index contributed by atoms with van der Waals surface area (Å²) in [6.45, 7) is 8.34. The van der Waals surface area contributed by atoms with Gasteiger partial charge in [0.25, 0.3) is 0 Å². The number of ether oxygens (including phenoxy) is 1. The number of carbonyl (C=O) groups is 1. The highest BCUT2D eigenvalue weighted by Crippen LogP contribution is 2.28. The van der Waals surface area contributed by atoms with Crippen molar-refractivity contribution in [1.82, 2.24) is 0 Å². The first-order valence-corrected chi connectivity index (χ1v) is 5.62.